The first-order valence-electron chi connectivity index (χ1n) is 6.01. The zero-order valence-corrected chi connectivity index (χ0v) is 10.6. The van der Waals surface area contributed by atoms with Crippen LogP contribution in [0.5, 0.6) is 0 Å². The smallest absolute Gasteiger partial charge is 0.335 e. The summed E-state index contributed by atoms with van der Waals surface area (Å²) in [5.41, 5.74) is 0.554. The molecule has 0 spiro atoms. The second-order valence-corrected chi connectivity index (χ2v) is 4.05. The van der Waals surface area contributed by atoms with Crippen molar-refractivity contribution in [1.82, 2.24) is 15.3 Å². The van der Waals surface area contributed by atoms with E-state index in [0.717, 1.165) is 5.82 Å². The first kappa shape index (κ1) is 13.6. The van der Waals surface area contributed by atoms with Gasteiger partial charge >= 0.3 is 12.0 Å². The normalized spacial score (nSPS) is 10.0. The predicted octanol–water partition coefficient (Wildman–Crippen LogP) is 1.47. The van der Waals surface area contributed by atoms with Gasteiger partial charge in [-0.15, -0.1) is 0 Å². The van der Waals surface area contributed by atoms with E-state index in [9.17, 15) is 9.59 Å². The summed E-state index contributed by atoms with van der Waals surface area (Å²) in [6.07, 6.45) is 3.95. The number of benzene rings is 1. The summed E-state index contributed by atoms with van der Waals surface area (Å²) < 4.78 is 0. The van der Waals surface area contributed by atoms with Gasteiger partial charge in [-0.05, 0) is 18.2 Å². The molecule has 2 amide bonds. The van der Waals surface area contributed by atoms with Gasteiger partial charge in [0.15, 0.2) is 0 Å². The maximum atomic E-state index is 11.6. The number of nitrogens with zero attached hydrogens (tertiary/aromatic N) is 1. The van der Waals surface area contributed by atoms with E-state index in [1.54, 1.807) is 24.5 Å². The molecule has 0 aliphatic carbocycles. The fourth-order valence-corrected chi connectivity index (χ4v) is 1.63. The molecule has 0 fully saturated rings. The highest BCUT2D eigenvalue weighted by molar-refractivity contribution is 5.93. The largest absolute Gasteiger partial charge is 0.478 e. The molecule has 7 heteroatoms. The standard InChI is InChI=1S/C13H14N4O3/c18-12(19)9-2-1-3-10(8-9)17-13(20)16-5-4-11-14-6-7-15-11/h1-3,6-8H,4-5H2,(H,14,15)(H,18,19)(H2,16,17,20). The minimum atomic E-state index is -1.04. The van der Waals surface area contributed by atoms with Crippen LogP contribution in [0.25, 0.3) is 0 Å². The SMILES string of the molecule is O=C(NCCc1ncc[nH]1)Nc1cccc(C(=O)O)c1. The Bertz CT molecular complexity index is 595. The average molecular weight is 274 g/mol. The van der Waals surface area contributed by atoms with Crippen molar-refractivity contribution in [2.75, 3.05) is 11.9 Å². The van der Waals surface area contributed by atoms with E-state index in [1.807, 2.05) is 0 Å². The van der Waals surface area contributed by atoms with Crippen molar-refractivity contribution >= 4 is 17.7 Å². The third kappa shape index (κ3) is 3.84. The van der Waals surface area contributed by atoms with Gasteiger partial charge in [-0.1, -0.05) is 6.07 Å². The zero-order chi connectivity index (χ0) is 14.4. The Morgan fingerprint density at radius 3 is 2.90 bits per heavy atom. The van der Waals surface area contributed by atoms with Gasteiger partial charge in [0.05, 0.1) is 5.56 Å². The van der Waals surface area contributed by atoms with Crippen LogP contribution in [0.1, 0.15) is 16.2 Å². The van der Waals surface area contributed by atoms with Crippen LogP contribution in [0.3, 0.4) is 0 Å². The van der Waals surface area contributed by atoms with Crippen LogP contribution in [-0.2, 0) is 6.42 Å². The molecular formula is C13H14N4O3. The molecule has 1 heterocycles. The first-order valence-corrected chi connectivity index (χ1v) is 6.01. The predicted molar refractivity (Wildman–Crippen MR) is 72.7 cm³/mol. The monoisotopic (exact) mass is 274 g/mol. The molecule has 20 heavy (non-hydrogen) atoms. The molecule has 104 valence electrons. The molecule has 0 bridgehead atoms. The third-order valence-electron chi connectivity index (χ3n) is 2.57. The van der Waals surface area contributed by atoms with E-state index >= 15 is 0 Å². The minimum Gasteiger partial charge on any atom is -0.478 e. The lowest BCUT2D eigenvalue weighted by molar-refractivity contribution is 0.0697. The molecule has 0 saturated carbocycles. The fraction of sp³-hybridized carbons (Fsp3) is 0.154. The van der Waals surface area contributed by atoms with Crippen molar-refractivity contribution < 1.29 is 14.7 Å². The van der Waals surface area contributed by atoms with Gasteiger partial charge in [0, 0.05) is 31.0 Å². The molecule has 7 nitrogen and oxygen atoms in total. The van der Waals surface area contributed by atoms with Crippen molar-refractivity contribution in [3.63, 3.8) is 0 Å². The number of anilines is 1. The van der Waals surface area contributed by atoms with Crippen molar-refractivity contribution in [3.05, 3.63) is 48.0 Å². The van der Waals surface area contributed by atoms with Gasteiger partial charge in [0.2, 0.25) is 0 Å². The van der Waals surface area contributed by atoms with Gasteiger partial charge in [-0.25, -0.2) is 14.6 Å². The molecule has 0 aliphatic rings. The van der Waals surface area contributed by atoms with Crippen molar-refractivity contribution in [2.45, 2.75) is 6.42 Å². The highest BCUT2D eigenvalue weighted by Gasteiger charge is 2.06. The zero-order valence-electron chi connectivity index (χ0n) is 10.6. The molecule has 0 radical (unpaired) electrons. The average Bonchev–Trinajstić information content (AvgIpc) is 2.92. The number of urea groups is 1. The third-order valence-corrected chi connectivity index (χ3v) is 2.57. The molecule has 4 N–H and O–H groups in total. The van der Waals surface area contributed by atoms with E-state index in [4.69, 9.17) is 5.11 Å². The molecule has 2 rings (SSSR count). The highest BCUT2D eigenvalue weighted by atomic mass is 16.4. The number of imidazole rings is 1. The number of hydrogen-bond donors (Lipinski definition) is 4. The second-order valence-electron chi connectivity index (χ2n) is 4.05. The Kier molecular flexibility index (Phi) is 4.33. The number of aromatic amines is 1. The van der Waals surface area contributed by atoms with Gasteiger partial charge in [-0.2, -0.15) is 0 Å². The van der Waals surface area contributed by atoms with Crippen LogP contribution < -0.4 is 10.6 Å². The van der Waals surface area contributed by atoms with Crippen LogP contribution in [0.2, 0.25) is 0 Å². The Morgan fingerprint density at radius 1 is 1.35 bits per heavy atom. The maximum absolute atomic E-state index is 11.6. The van der Waals surface area contributed by atoms with Crippen molar-refractivity contribution in [3.8, 4) is 0 Å². The molecule has 1 aromatic heterocycles. The van der Waals surface area contributed by atoms with Gasteiger partial charge in [0.25, 0.3) is 0 Å². The summed E-state index contributed by atoms with van der Waals surface area (Å²) in [7, 11) is 0. The number of nitrogens with one attached hydrogen (secondary N) is 3. The lowest BCUT2D eigenvalue weighted by Gasteiger charge is -2.07. The molecule has 0 aliphatic heterocycles. The van der Waals surface area contributed by atoms with Crippen LogP contribution in [-0.4, -0.2) is 33.6 Å². The van der Waals surface area contributed by atoms with Crippen LogP contribution in [0.15, 0.2) is 36.7 Å². The Morgan fingerprint density at radius 2 is 2.20 bits per heavy atom. The van der Waals surface area contributed by atoms with E-state index < -0.39 is 5.97 Å². The van der Waals surface area contributed by atoms with Crippen LogP contribution in [0, 0.1) is 0 Å². The molecule has 2 aromatic rings. The van der Waals surface area contributed by atoms with Crippen LogP contribution >= 0.6 is 0 Å². The summed E-state index contributed by atoms with van der Waals surface area (Å²) in [4.78, 5) is 29.4. The Labute approximate surface area is 115 Å². The van der Waals surface area contributed by atoms with E-state index in [1.165, 1.54) is 12.1 Å². The minimum absolute atomic E-state index is 0.124. The fourth-order valence-electron chi connectivity index (χ4n) is 1.63. The number of rotatable bonds is 5. The van der Waals surface area contributed by atoms with Gasteiger partial charge in [0.1, 0.15) is 5.82 Å². The summed E-state index contributed by atoms with van der Waals surface area (Å²) >= 11 is 0. The Hall–Kier alpha value is -2.83. The topological polar surface area (TPSA) is 107 Å². The number of carbonyl (C=O) groups is 2. The maximum Gasteiger partial charge on any atom is 0.335 e. The van der Waals surface area contributed by atoms with Crippen LogP contribution in [0.4, 0.5) is 10.5 Å². The summed E-state index contributed by atoms with van der Waals surface area (Å²) in [5, 5.41) is 14.1. The number of carboxylic acid groups (broad SMARTS) is 1. The molecule has 0 atom stereocenters. The van der Waals surface area contributed by atoms with Crippen molar-refractivity contribution in [1.29, 1.82) is 0 Å². The summed E-state index contributed by atoms with van der Waals surface area (Å²) in [6.45, 7) is 0.429. The number of carbonyl (C=O) groups excluding carboxylic acids is 1. The number of amides is 2. The molecular weight excluding hydrogens is 260 g/mol. The molecule has 1 aromatic carbocycles. The van der Waals surface area contributed by atoms with Crippen molar-refractivity contribution in [2.24, 2.45) is 0 Å². The van der Waals surface area contributed by atoms with Gasteiger partial charge < -0.3 is 20.7 Å². The summed E-state index contributed by atoms with van der Waals surface area (Å²) in [6, 6.07) is 5.66. The second kappa shape index (κ2) is 6.37. The molecule has 0 unspecified atom stereocenters. The van der Waals surface area contributed by atoms with E-state index in [-0.39, 0.29) is 11.6 Å². The number of aromatic nitrogens is 2. The molecule has 0 saturated heterocycles. The van der Waals surface area contributed by atoms with E-state index in [0.29, 0.717) is 18.7 Å². The highest BCUT2D eigenvalue weighted by Crippen LogP contribution is 2.10. The Balaban J connectivity index is 1.82. The number of H-pyrrole nitrogens is 1. The first-order chi connectivity index (χ1) is 9.65. The lowest BCUT2D eigenvalue weighted by atomic mass is 10.2. The van der Waals surface area contributed by atoms with E-state index in [2.05, 4.69) is 20.6 Å². The summed E-state index contributed by atoms with van der Waals surface area (Å²) in [5.74, 6) is -0.245. The number of aromatic carboxylic acids is 1. The number of hydrogen-bond acceptors (Lipinski definition) is 3. The number of carboxylic acids is 1. The van der Waals surface area contributed by atoms with Gasteiger partial charge in [-0.3, -0.25) is 0 Å². The lowest BCUT2D eigenvalue weighted by Crippen LogP contribution is -2.30. The quantitative estimate of drug-likeness (QED) is 0.662.